The number of benzene rings is 1. The largest absolute Gasteiger partial charge is 0.317 e. The highest BCUT2D eigenvalue weighted by Gasteiger charge is 2.15. The average molecular weight is 285 g/mol. The van der Waals surface area contributed by atoms with Crippen molar-refractivity contribution in [1.29, 1.82) is 0 Å². The fraction of sp³-hybridized carbons (Fsp3) is 0.500. The molecule has 0 saturated carbocycles. The predicted molar refractivity (Wildman–Crippen MR) is 89.6 cm³/mol. The molecular formula is C18H27N3. The molecule has 0 aliphatic carbocycles. The van der Waals surface area contributed by atoms with Crippen molar-refractivity contribution >= 4 is 0 Å². The third kappa shape index (κ3) is 3.35. The molecule has 0 bridgehead atoms. The minimum Gasteiger partial charge on any atom is -0.317 e. The van der Waals surface area contributed by atoms with Crippen molar-refractivity contribution < 1.29 is 0 Å². The van der Waals surface area contributed by atoms with E-state index in [1.54, 1.807) is 0 Å². The average Bonchev–Trinajstić information content (AvgIpc) is 2.83. The molecule has 0 amide bonds. The molecule has 1 heterocycles. The number of nitrogens with one attached hydrogen (secondary N) is 1. The third-order valence-electron chi connectivity index (χ3n) is 4.19. The molecule has 2 rings (SSSR count). The van der Waals surface area contributed by atoms with Crippen LogP contribution in [0.3, 0.4) is 0 Å². The lowest BCUT2D eigenvalue weighted by atomic mass is 9.98. The van der Waals surface area contributed by atoms with Gasteiger partial charge in [0, 0.05) is 24.3 Å². The van der Waals surface area contributed by atoms with Gasteiger partial charge in [-0.1, -0.05) is 38.1 Å². The SMILES string of the molecule is CCc1nn(C)c(CC)c1-c1ccc(CC(C)NC)cc1. The Bertz CT molecular complexity index is 581. The van der Waals surface area contributed by atoms with Gasteiger partial charge in [-0.2, -0.15) is 5.10 Å². The molecule has 1 unspecified atom stereocenters. The second-order valence-electron chi connectivity index (χ2n) is 5.69. The number of aromatic nitrogens is 2. The Morgan fingerprint density at radius 2 is 1.81 bits per heavy atom. The third-order valence-corrected chi connectivity index (χ3v) is 4.19. The molecule has 1 atom stereocenters. The van der Waals surface area contributed by atoms with Crippen LogP contribution < -0.4 is 5.32 Å². The zero-order chi connectivity index (χ0) is 15.4. The van der Waals surface area contributed by atoms with Crippen LogP contribution in [0.4, 0.5) is 0 Å². The summed E-state index contributed by atoms with van der Waals surface area (Å²) < 4.78 is 2.03. The van der Waals surface area contributed by atoms with Gasteiger partial charge >= 0.3 is 0 Å². The first kappa shape index (κ1) is 15.8. The molecule has 1 N–H and O–H groups in total. The summed E-state index contributed by atoms with van der Waals surface area (Å²) in [4.78, 5) is 0. The Morgan fingerprint density at radius 3 is 2.33 bits per heavy atom. The van der Waals surface area contributed by atoms with Crippen LogP contribution in [0.1, 0.15) is 37.7 Å². The van der Waals surface area contributed by atoms with E-state index in [1.165, 1.54) is 28.1 Å². The Hall–Kier alpha value is -1.61. The van der Waals surface area contributed by atoms with Crippen molar-refractivity contribution in [2.45, 2.75) is 46.1 Å². The number of aryl methyl sites for hydroxylation is 2. The van der Waals surface area contributed by atoms with Gasteiger partial charge in [-0.15, -0.1) is 0 Å². The van der Waals surface area contributed by atoms with Crippen molar-refractivity contribution in [2.24, 2.45) is 7.05 Å². The van der Waals surface area contributed by atoms with Crippen LogP contribution in [0, 0.1) is 0 Å². The Morgan fingerprint density at radius 1 is 1.14 bits per heavy atom. The van der Waals surface area contributed by atoms with Gasteiger partial charge in [0.1, 0.15) is 0 Å². The van der Waals surface area contributed by atoms with Gasteiger partial charge in [0.2, 0.25) is 0 Å². The standard InChI is InChI=1S/C18H27N3/c1-6-16-18(17(7-2)21(5)20-16)15-10-8-14(9-11-15)12-13(3)19-4/h8-11,13,19H,6-7,12H2,1-5H3. The first-order valence-corrected chi connectivity index (χ1v) is 7.91. The smallest absolute Gasteiger partial charge is 0.0703 e. The predicted octanol–water partition coefficient (Wildman–Crippen LogP) is 3.36. The van der Waals surface area contributed by atoms with Crippen molar-refractivity contribution in [2.75, 3.05) is 7.05 Å². The molecule has 1 aromatic heterocycles. The fourth-order valence-corrected chi connectivity index (χ4v) is 2.87. The number of rotatable bonds is 6. The highest BCUT2D eigenvalue weighted by Crippen LogP contribution is 2.28. The molecule has 0 fully saturated rings. The summed E-state index contributed by atoms with van der Waals surface area (Å²) >= 11 is 0. The molecule has 3 nitrogen and oxygen atoms in total. The summed E-state index contributed by atoms with van der Waals surface area (Å²) in [7, 11) is 4.06. The lowest BCUT2D eigenvalue weighted by Gasteiger charge is -2.11. The van der Waals surface area contributed by atoms with Gasteiger partial charge in [0.25, 0.3) is 0 Å². The number of nitrogens with zero attached hydrogens (tertiary/aromatic N) is 2. The molecule has 114 valence electrons. The molecule has 0 spiro atoms. The lowest BCUT2D eigenvalue weighted by molar-refractivity contribution is 0.608. The van der Waals surface area contributed by atoms with E-state index in [9.17, 15) is 0 Å². The normalized spacial score (nSPS) is 12.6. The van der Waals surface area contributed by atoms with E-state index in [-0.39, 0.29) is 0 Å². The Labute approximate surface area is 128 Å². The number of likely N-dealkylation sites (N-methyl/N-ethyl adjacent to an activating group) is 1. The van der Waals surface area contributed by atoms with Crippen LogP contribution >= 0.6 is 0 Å². The fourth-order valence-electron chi connectivity index (χ4n) is 2.87. The summed E-state index contributed by atoms with van der Waals surface area (Å²) in [6.07, 6.45) is 3.05. The molecule has 21 heavy (non-hydrogen) atoms. The monoisotopic (exact) mass is 285 g/mol. The summed E-state index contributed by atoms with van der Waals surface area (Å²) in [6, 6.07) is 9.48. The maximum atomic E-state index is 4.67. The van der Waals surface area contributed by atoms with Crippen molar-refractivity contribution in [1.82, 2.24) is 15.1 Å². The minimum absolute atomic E-state index is 0.506. The van der Waals surface area contributed by atoms with E-state index in [4.69, 9.17) is 0 Å². The second-order valence-corrected chi connectivity index (χ2v) is 5.69. The molecule has 2 aromatic rings. The van der Waals surface area contributed by atoms with E-state index in [2.05, 4.69) is 55.5 Å². The van der Waals surface area contributed by atoms with Crippen molar-refractivity contribution in [3.05, 3.63) is 41.2 Å². The zero-order valence-electron chi connectivity index (χ0n) is 13.9. The van der Waals surface area contributed by atoms with E-state index in [0.717, 1.165) is 19.3 Å². The summed E-state index contributed by atoms with van der Waals surface area (Å²) in [5.74, 6) is 0. The van der Waals surface area contributed by atoms with Gasteiger partial charge in [-0.25, -0.2) is 0 Å². The molecule has 0 saturated heterocycles. The molecular weight excluding hydrogens is 258 g/mol. The second kappa shape index (κ2) is 6.90. The molecule has 1 aromatic carbocycles. The van der Waals surface area contributed by atoms with Gasteiger partial charge in [-0.3, -0.25) is 4.68 Å². The Balaban J connectivity index is 2.34. The highest BCUT2D eigenvalue weighted by molar-refractivity contribution is 5.69. The van der Waals surface area contributed by atoms with Gasteiger partial charge < -0.3 is 5.32 Å². The van der Waals surface area contributed by atoms with Crippen LogP contribution in [0.2, 0.25) is 0 Å². The molecule has 0 aliphatic heterocycles. The maximum Gasteiger partial charge on any atom is 0.0703 e. The maximum absolute atomic E-state index is 4.67. The quantitative estimate of drug-likeness (QED) is 0.882. The molecule has 0 aliphatic rings. The van der Waals surface area contributed by atoms with Crippen LogP contribution in [0.5, 0.6) is 0 Å². The topological polar surface area (TPSA) is 29.9 Å². The lowest BCUT2D eigenvalue weighted by Crippen LogP contribution is -2.23. The van der Waals surface area contributed by atoms with E-state index < -0.39 is 0 Å². The molecule has 0 radical (unpaired) electrons. The summed E-state index contributed by atoms with van der Waals surface area (Å²) in [6.45, 7) is 6.58. The van der Waals surface area contributed by atoms with E-state index in [1.807, 2.05) is 18.8 Å². The zero-order valence-corrected chi connectivity index (χ0v) is 13.9. The highest BCUT2D eigenvalue weighted by atomic mass is 15.3. The van der Waals surface area contributed by atoms with Crippen LogP contribution in [-0.2, 0) is 26.3 Å². The van der Waals surface area contributed by atoms with Crippen LogP contribution in [0.15, 0.2) is 24.3 Å². The van der Waals surface area contributed by atoms with E-state index in [0.29, 0.717) is 6.04 Å². The van der Waals surface area contributed by atoms with Gasteiger partial charge in [-0.05, 0) is 44.4 Å². The first-order valence-electron chi connectivity index (χ1n) is 7.91. The number of hydrogen-bond donors (Lipinski definition) is 1. The number of hydrogen-bond acceptors (Lipinski definition) is 2. The van der Waals surface area contributed by atoms with Crippen LogP contribution in [0.25, 0.3) is 11.1 Å². The Kier molecular flexibility index (Phi) is 5.18. The summed E-state index contributed by atoms with van der Waals surface area (Å²) in [5.41, 5.74) is 6.52. The van der Waals surface area contributed by atoms with Gasteiger partial charge in [0.05, 0.1) is 5.69 Å². The minimum atomic E-state index is 0.506. The van der Waals surface area contributed by atoms with Crippen molar-refractivity contribution in [3.8, 4) is 11.1 Å². The van der Waals surface area contributed by atoms with Crippen molar-refractivity contribution in [3.63, 3.8) is 0 Å². The van der Waals surface area contributed by atoms with Crippen LogP contribution in [-0.4, -0.2) is 22.9 Å². The van der Waals surface area contributed by atoms with E-state index >= 15 is 0 Å². The van der Waals surface area contributed by atoms with Gasteiger partial charge in [0.15, 0.2) is 0 Å². The summed E-state index contributed by atoms with van der Waals surface area (Å²) in [5, 5.41) is 7.95. The molecule has 3 heteroatoms. The first-order chi connectivity index (χ1) is 10.1.